The summed E-state index contributed by atoms with van der Waals surface area (Å²) in [5.74, 6) is 0. The average molecular weight is 384 g/mol. The molecule has 1 amide bonds. The van der Waals surface area contributed by atoms with E-state index in [1.165, 1.54) is 0 Å². The summed E-state index contributed by atoms with van der Waals surface area (Å²) in [7, 11) is 0. The van der Waals surface area contributed by atoms with E-state index in [9.17, 15) is 4.79 Å². The maximum absolute atomic E-state index is 12.6. The average Bonchev–Trinajstić information content (AvgIpc) is 3.05. The van der Waals surface area contributed by atoms with Crippen LogP contribution in [0.2, 0.25) is 0 Å². The number of nitrogens with zero attached hydrogens (tertiary/aromatic N) is 4. The highest BCUT2D eigenvalue weighted by atomic mass is 16.6. The van der Waals surface area contributed by atoms with Gasteiger partial charge in [0.15, 0.2) is 0 Å². The molecule has 0 bridgehead atoms. The number of rotatable bonds is 5. The van der Waals surface area contributed by atoms with Crippen molar-refractivity contribution in [1.82, 2.24) is 14.5 Å². The Morgan fingerprint density at radius 2 is 1.96 bits per heavy atom. The molecule has 2 aromatic rings. The molecule has 0 fully saturated rings. The number of benzene rings is 1. The fraction of sp³-hybridized carbons (Fsp3) is 0.476. The minimum atomic E-state index is -0.553. The molecule has 150 valence electrons. The van der Waals surface area contributed by atoms with Gasteiger partial charge < -0.3 is 14.1 Å². The number of fused-ring (bicyclic) bond motifs is 1. The van der Waals surface area contributed by atoms with Crippen molar-refractivity contribution in [3.8, 4) is 0 Å². The van der Waals surface area contributed by atoms with E-state index in [0.29, 0.717) is 25.4 Å². The fourth-order valence-corrected chi connectivity index (χ4v) is 3.03. The Kier molecular flexibility index (Phi) is 6.02. The van der Waals surface area contributed by atoms with Gasteiger partial charge in [0.05, 0.1) is 25.1 Å². The second-order valence-corrected chi connectivity index (χ2v) is 7.87. The zero-order valence-corrected chi connectivity index (χ0v) is 17.0. The maximum Gasteiger partial charge on any atom is 0.411 e. The van der Waals surface area contributed by atoms with Crippen LogP contribution in [0.15, 0.2) is 41.8 Å². The van der Waals surface area contributed by atoms with Gasteiger partial charge in [0.25, 0.3) is 0 Å². The minimum Gasteiger partial charge on any atom is -0.444 e. The van der Waals surface area contributed by atoms with Gasteiger partial charge in [-0.25, -0.2) is 9.78 Å². The zero-order valence-electron chi connectivity index (χ0n) is 17.0. The van der Waals surface area contributed by atoms with Crippen LogP contribution in [0.5, 0.6) is 0 Å². The predicted octanol–water partition coefficient (Wildman–Crippen LogP) is 3.96. The van der Waals surface area contributed by atoms with Crippen LogP contribution in [0.25, 0.3) is 0 Å². The lowest BCUT2D eigenvalue weighted by atomic mass is 10.1. The standard InChI is InChI=1S/C21H28N4O3/c1-5-11-24-15-22-19-17(23-27-14-16-9-7-6-8-10-16)12-25(13-18(19)24)20(26)28-21(2,3)4/h6-10,15H,5,11-14H2,1-4H3. The highest BCUT2D eigenvalue weighted by molar-refractivity contribution is 6.03. The third-order valence-corrected chi connectivity index (χ3v) is 4.27. The van der Waals surface area contributed by atoms with Crippen molar-refractivity contribution < 1.29 is 14.4 Å². The second-order valence-electron chi connectivity index (χ2n) is 7.87. The summed E-state index contributed by atoms with van der Waals surface area (Å²) in [6.07, 6.45) is 2.42. The largest absolute Gasteiger partial charge is 0.444 e. The third-order valence-electron chi connectivity index (χ3n) is 4.27. The molecule has 0 atom stereocenters. The molecule has 0 radical (unpaired) electrons. The fourth-order valence-electron chi connectivity index (χ4n) is 3.03. The molecular formula is C21H28N4O3. The van der Waals surface area contributed by atoms with Crippen molar-refractivity contribution in [2.75, 3.05) is 6.54 Å². The van der Waals surface area contributed by atoms with Gasteiger partial charge in [0.1, 0.15) is 23.6 Å². The number of carbonyl (C=O) groups is 1. The Hall–Kier alpha value is -2.83. The molecule has 3 rings (SSSR count). The van der Waals surface area contributed by atoms with Crippen LogP contribution >= 0.6 is 0 Å². The van der Waals surface area contributed by atoms with Crippen LogP contribution in [0.3, 0.4) is 0 Å². The Balaban J connectivity index is 1.81. The highest BCUT2D eigenvalue weighted by Crippen LogP contribution is 2.22. The third kappa shape index (κ3) is 4.91. The Morgan fingerprint density at radius 1 is 1.21 bits per heavy atom. The van der Waals surface area contributed by atoms with Gasteiger partial charge >= 0.3 is 6.09 Å². The van der Waals surface area contributed by atoms with Crippen molar-refractivity contribution in [3.63, 3.8) is 0 Å². The van der Waals surface area contributed by atoms with E-state index >= 15 is 0 Å². The molecule has 0 spiro atoms. The van der Waals surface area contributed by atoms with Gasteiger partial charge in [-0.15, -0.1) is 0 Å². The summed E-state index contributed by atoms with van der Waals surface area (Å²) in [6.45, 7) is 9.64. The van der Waals surface area contributed by atoms with Crippen LogP contribution in [0.4, 0.5) is 4.79 Å². The number of carbonyl (C=O) groups excluding carboxylic acids is 1. The second kappa shape index (κ2) is 8.46. The van der Waals surface area contributed by atoms with E-state index in [4.69, 9.17) is 9.57 Å². The van der Waals surface area contributed by atoms with Gasteiger partial charge in [0.2, 0.25) is 0 Å². The molecule has 0 unspecified atom stereocenters. The van der Waals surface area contributed by atoms with Crippen LogP contribution in [0, 0.1) is 0 Å². The summed E-state index contributed by atoms with van der Waals surface area (Å²) < 4.78 is 7.62. The number of imidazole rings is 1. The molecule has 0 saturated carbocycles. The van der Waals surface area contributed by atoms with E-state index in [1.807, 2.05) is 51.1 Å². The van der Waals surface area contributed by atoms with Crippen LogP contribution < -0.4 is 0 Å². The number of ether oxygens (including phenoxy) is 1. The van der Waals surface area contributed by atoms with E-state index in [2.05, 4.69) is 21.6 Å². The number of aryl methyl sites for hydroxylation is 1. The zero-order chi connectivity index (χ0) is 20.1. The predicted molar refractivity (Wildman–Crippen MR) is 107 cm³/mol. The molecule has 28 heavy (non-hydrogen) atoms. The number of aromatic nitrogens is 2. The van der Waals surface area contributed by atoms with Crippen LogP contribution in [0.1, 0.15) is 51.1 Å². The summed E-state index contributed by atoms with van der Waals surface area (Å²) in [5, 5.41) is 4.31. The van der Waals surface area contributed by atoms with Gasteiger partial charge in [-0.1, -0.05) is 42.4 Å². The Morgan fingerprint density at radius 3 is 2.64 bits per heavy atom. The monoisotopic (exact) mass is 384 g/mol. The minimum absolute atomic E-state index is 0.305. The molecule has 1 aromatic heterocycles. The first-order valence-corrected chi connectivity index (χ1v) is 9.62. The summed E-state index contributed by atoms with van der Waals surface area (Å²) in [4.78, 5) is 24.4. The number of hydrogen-bond donors (Lipinski definition) is 0. The van der Waals surface area contributed by atoms with Gasteiger partial charge in [-0.2, -0.15) is 0 Å². The number of oxime groups is 1. The van der Waals surface area contributed by atoms with Gasteiger partial charge in [0, 0.05) is 6.54 Å². The first kappa shape index (κ1) is 19.9. The topological polar surface area (TPSA) is 69.0 Å². The van der Waals surface area contributed by atoms with Crippen molar-refractivity contribution in [3.05, 3.63) is 53.6 Å². The lowest BCUT2D eigenvalue weighted by molar-refractivity contribution is 0.0252. The van der Waals surface area contributed by atoms with E-state index in [-0.39, 0.29) is 6.09 Å². The van der Waals surface area contributed by atoms with Gasteiger partial charge in [-0.05, 0) is 32.8 Å². The molecule has 0 N–H and O–H groups in total. The van der Waals surface area contributed by atoms with Crippen molar-refractivity contribution in [1.29, 1.82) is 0 Å². The molecular weight excluding hydrogens is 356 g/mol. The van der Waals surface area contributed by atoms with Crippen LogP contribution in [-0.4, -0.2) is 38.4 Å². The molecule has 0 aliphatic carbocycles. The lowest BCUT2D eigenvalue weighted by Crippen LogP contribution is -2.43. The SMILES string of the molecule is CCCn1cnc2c1CN(C(=O)OC(C)(C)C)CC2=NOCc1ccccc1. The molecule has 7 heteroatoms. The van der Waals surface area contributed by atoms with Gasteiger partial charge in [-0.3, -0.25) is 4.90 Å². The smallest absolute Gasteiger partial charge is 0.411 e. The van der Waals surface area contributed by atoms with Crippen molar-refractivity contribution in [2.45, 2.75) is 59.4 Å². The summed E-state index contributed by atoms with van der Waals surface area (Å²) >= 11 is 0. The molecule has 7 nitrogen and oxygen atoms in total. The van der Waals surface area contributed by atoms with Crippen molar-refractivity contribution >= 4 is 11.8 Å². The number of hydrogen-bond acceptors (Lipinski definition) is 5. The summed E-state index contributed by atoms with van der Waals surface area (Å²) in [5.41, 5.74) is 2.87. The quantitative estimate of drug-likeness (QED) is 0.732. The van der Waals surface area contributed by atoms with Crippen LogP contribution in [-0.2, 0) is 29.3 Å². The normalized spacial score (nSPS) is 15.4. The molecule has 1 aliphatic heterocycles. The van der Waals surface area contributed by atoms with Crippen molar-refractivity contribution in [2.24, 2.45) is 5.16 Å². The molecule has 2 heterocycles. The highest BCUT2D eigenvalue weighted by Gasteiger charge is 2.32. The first-order valence-electron chi connectivity index (χ1n) is 9.62. The van der Waals surface area contributed by atoms with E-state index < -0.39 is 5.60 Å². The first-order chi connectivity index (χ1) is 13.4. The molecule has 1 aliphatic rings. The number of amides is 1. The molecule has 0 saturated heterocycles. The summed E-state index contributed by atoms with van der Waals surface area (Å²) in [6, 6.07) is 9.84. The maximum atomic E-state index is 12.6. The van der Waals surface area contributed by atoms with E-state index in [1.54, 1.807) is 11.2 Å². The Bertz CT molecular complexity index is 837. The lowest BCUT2D eigenvalue weighted by Gasteiger charge is -2.30. The Labute approximate surface area is 165 Å². The van der Waals surface area contributed by atoms with E-state index in [0.717, 1.165) is 29.9 Å². The molecule has 1 aromatic carbocycles.